The third-order valence-corrected chi connectivity index (χ3v) is 7.45. The Balaban J connectivity index is 1.22. The molecule has 0 saturated carbocycles. The van der Waals surface area contributed by atoms with Crippen LogP contribution in [0, 0.1) is 5.92 Å². The van der Waals surface area contributed by atoms with Gasteiger partial charge in [0, 0.05) is 63.5 Å². The number of piperazine rings is 1. The molecule has 4 heterocycles. The summed E-state index contributed by atoms with van der Waals surface area (Å²) in [6.07, 6.45) is 4.38. The minimum atomic E-state index is -0.119. The summed E-state index contributed by atoms with van der Waals surface area (Å²) >= 11 is 1.46. The number of nitrogens with one attached hydrogen (secondary N) is 1. The van der Waals surface area contributed by atoms with Crippen molar-refractivity contribution >= 4 is 27.3 Å². The van der Waals surface area contributed by atoms with E-state index in [1.54, 1.807) is 6.07 Å². The molecule has 0 aromatic carbocycles. The number of amides is 1. The zero-order chi connectivity index (χ0) is 22.5. The maximum Gasteiger partial charge on any atom is 0.275 e. The Morgan fingerprint density at radius 2 is 1.94 bits per heavy atom. The molecule has 176 valence electrons. The van der Waals surface area contributed by atoms with Crippen molar-refractivity contribution < 1.29 is 4.79 Å². The highest BCUT2D eigenvalue weighted by Crippen LogP contribution is 2.27. The Kier molecular flexibility index (Phi) is 7.75. The van der Waals surface area contributed by atoms with Crippen LogP contribution in [0.4, 0.5) is 5.13 Å². The molecular weight excluding hydrogens is 426 g/mol. The summed E-state index contributed by atoms with van der Waals surface area (Å²) in [5.41, 5.74) is 0.711. The van der Waals surface area contributed by atoms with Crippen LogP contribution in [0.15, 0.2) is 10.9 Å². The SMILES string of the molecule is CCCc1cc(=O)n2nc(N3CCC(C(=O)NCCCN4CCN(C)CC4)CC3)sc2n1. The smallest absolute Gasteiger partial charge is 0.275 e. The third kappa shape index (κ3) is 5.65. The van der Waals surface area contributed by atoms with Crippen LogP contribution in [0.25, 0.3) is 4.96 Å². The monoisotopic (exact) mass is 461 g/mol. The lowest BCUT2D eigenvalue weighted by atomic mass is 9.96. The van der Waals surface area contributed by atoms with Gasteiger partial charge in [0.05, 0.1) is 0 Å². The number of fused-ring (bicyclic) bond motifs is 1. The molecule has 2 aliphatic rings. The first kappa shape index (κ1) is 23.1. The molecule has 2 aromatic heterocycles. The van der Waals surface area contributed by atoms with Crippen molar-refractivity contribution in [1.82, 2.24) is 29.7 Å². The van der Waals surface area contributed by atoms with E-state index in [1.807, 2.05) is 0 Å². The van der Waals surface area contributed by atoms with Crippen molar-refractivity contribution in [3.05, 3.63) is 22.1 Å². The van der Waals surface area contributed by atoms with Crippen molar-refractivity contribution in [2.75, 3.05) is 64.3 Å². The van der Waals surface area contributed by atoms with Gasteiger partial charge in [-0.05, 0) is 39.3 Å². The van der Waals surface area contributed by atoms with E-state index < -0.39 is 0 Å². The molecule has 9 nitrogen and oxygen atoms in total. The van der Waals surface area contributed by atoms with E-state index in [-0.39, 0.29) is 17.4 Å². The Hall–Kier alpha value is -2.04. The number of hydrogen-bond donors (Lipinski definition) is 1. The lowest BCUT2D eigenvalue weighted by molar-refractivity contribution is -0.125. The Bertz CT molecular complexity index is 959. The molecule has 0 spiro atoms. The van der Waals surface area contributed by atoms with Gasteiger partial charge in [-0.3, -0.25) is 9.59 Å². The quantitative estimate of drug-likeness (QED) is 0.589. The molecule has 0 bridgehead atoms. The van der Waals surface area contributed by atoms with E-state index in [0.717, 1.165) is 95.3 Å². The highest BCUT2D eigenvalue weighted by molar-refractivity contribution is 7.20. The average Bonchev–Trinajstić information content (AvgIpc) is 3.23. The Morgan fingerprint density at radius 1 is 1.19 bits per heavy atom. The fraction of sp³-hybridized carbons (Fsp3) is 0.727. The van der Waals surface area contributed by atoms with Gasteiger partial charge in [-0.2, -0.15) is 4.52 Å². The lowest BCUT2D eigenvalue weighted by Crippen LogP contribution is -2.45. The second kappa shape index (κ2) is 10.7. The minimum absolute atomic E-state index is 0.0567. The Labute approximate surface area is 193 Å². The van der Waals surface area contributed by atoms with Crippen molar-refractivity contribution in [3.8, 4) is 0 Å². The van der Waals surface area contributed by atoms with E-state index in [0.29, 0.717) is 4.96 Å². The summed E-state index contributed by atoms with van der Waals surface area (Å²) < 4.78 is 1.40. The molecule has 0 unspecified atom stereocenters. The van der Waals surface area contributed by atoms with E-state index >= 15 is 0 Å². The maximum absolute atomic E-state index is 12.6. The zero-order valence-electron chi connectivity index (χ0n) is 19.3. The van der Waals surface area contributed by atoms with Crippen LogP contribution in [-0.4, -0.2) is 89.7 Å². The van der Waals surface area contributed by atoms with Gasteiger partial charge < -0.3 is 20.0 Å². The average molecular weight is 462 g/mol. The third-order valence-electron chi connectivity index (χ3n) is 6.48. The van der Waals surface area contributed by atoms with E-state index in [9.17, 15) is 9.59 Å². The van der Waals surface area contributed by atoms with Crippen molar-refractivity contribution in [1.29, 1.82) is 0 Å². The molecule has 4 rings (SSSR count). The number of hydrogen-bond acceptors (Lipinski definition) is 8. The number of anilines is 1. The molecule has 1 amide bonds. The van der Waals surface area contributed by atoms with Gasteiger partial charge in [0.2, 0.25) is 16.0 Å². The summed E-state index contributed by atoms with van der Waals surface area (Å²) in [5.74, 6) is 0.232. The van der Waals surface area contributed by atoms with Crippen LogP contribution in [0.2, 0.25) is 0 Å². The van der Waals surface area contributed by atoms with Crippen LogP contribution in [-0.2, 0) is 11.2 Å². The number of likely N-dealkylation sites (N-methyl/N-ethyl adjacent to an activating group) is 1. The number of aryl methyl sites for hydroxylation is 1. The number of piperidine rings is 1. The van der Waals surface area contributed by atoms with Gasteiger partial charge in [-0.15, -0.1) is 5.10 Å². The van der Waals surface area contributed by atoms with Gasteiger partial charge in [0.15, 0.2) is 0 Å². The first-order valence-electron chi connectivity index (χ1n) is 11.9. The summed E-state index contributed by atoms with van der Waals surface area (Å²) in [5, 5.41) is 8.45. The number of carbonyl (C=O) groups is 1. The fourth-order valence-electron chi connectivity index (χ4n) is 4.42. The van der Waals surface area contributed by atoms with Gasteiger partial charge in [0.1, 0.15) is 0 Å². The van der Waals surface area contributed by atoms with Crippen molar-refractivity contribution in [3.63, 3.8) is 0 Å². The molecule has 2 fully saturated rings. The second-order valence-electron chi connectivity index (χ2n) is 8.97. The standard InChI is InChI=1S/C22H35N7O2S/c1-3-5-18-16-19(30)29-21(24-18)32-22(25-29)28-10-6-17(7-11-28)20(31)23-8-4-9-27-14-12-26(2)13-15-27/h16-17H,3-15H2,1-2H3,(H,23,31). The molecule has 10 heteroatoms. The topological polar surface area (TPSA) is 86.1 Å². The summed E-state index contributed by atoms with van der Waals surface area (Å²) in [7, 11) is 2.17. The molecule has 32 heavy (non-hydrogen) atoms. The zero-order valence-corrected chi connectivity index (χ0v) is 20.1. The number of aromatic nitrogens is 3. The summed E-state index contributed by atoms with van der Waals surface area (Å²) in [6, 6.07) is 1.58. The molecule has 2 aromatic rings. The normalized spacial score (nSPS) is 19.0. The van der Waals surface area contributed by atoms with Gasteiger partial charge in [-0.1, -0.05) is 24.7 Å². The van der Waals surface area contributed by atoms with Crippen molar-refractivity contribution in [2.45, 2.75) is 39.0 Å². The Morgan fingerprint density at radius 3 is 2.66 bits per heavy atom. The van der Waals surface area contributed by atoms with E-state index in [1.165, 1.54) is 15.9 Å². The number of rotatable bonds is 8. The van der Waals surface area contributed by atoms with Crippen LogP contribution >= 0.6 is 11.3 Å². The van der Waals surface area contributed by atoms with E-state index in [2.05, 4.69) is 44.1 Å². The highest BCUT2D eigenvalue weighted by atomic mass is 32.1. The molecule has 2 saturated heterocycles. The molecule has 0 radical (unpaired) electrons. The first-order chi connectivity index (χ1) is 15.5. The lowest BCUT2D eigenvalue weighted by Gasteiger charge is -2.32. The van der Waals surface area contributed by atoms with Crippen LogP contribution in [0.3, 0.4) is 0 Å². The molecule has 1 N–H and O–H groups in total. The predicted molar refractivity (Wildman–Crippen MR) is 128 cm³/mol. The molecule has 0 atom stereocenters. The summed E-state index contributed by atoms with van der Waals surface area (Å²) in [6.45, 7) is 9.93. The van der Waals surface area contributed by atoms with Crippen LogP contribution in [0.5, 0.6) is 0 Å². The van der Waals surface area contributed by atoms with Crippen LogP contribution in [0.1, 0.15) is 38.3 Å². The van der Waals surface area contributed by atoms with Crippen LogP contribution < -0.4 is 15.8 Å². The second-order valence-corrected chi connectivity index (χ2v) is 9.90. The molecule has 0 aliphatic carbocycles. The van der Waals surface area contributed by atoms with Gasteiger partial charge in [-0.25, -0.2) is 4.98 Å². The largest absolute Gasteiger partial charge is 0.356 e. The fourth-order valence-corrected chi connectivity index (χ4v) is 5.40. The van der Waals surface area contributed by atoms with E-state index in [4.69, 9.17) is 0 Å². The van der Waals surface area contributed by atoms with Gasteiger partial charge >= 0.3 is 0 Å². The molecule has 2 aliphatic heterocycles. The first-order valence-corrected chi connectivity index (χ1v) is 12.7. The minimum Gasteiger partial charge on any atom is -0.356 e. The number of nitrogens with zero attached hydrogens (tertiary/aromatic N) is 6. The number of carbonyl (C=O) groups excluding carboxylic acids is 1. The van der Waals surface area contributed by atoms with Gasteiger partial charge in [0.25, 0.3) is 5.56 Å². The summed E-state index contributed by atoms with van der Waals surface area (Å²) in [4.78, 5) is 37.2. The van der Waals surface area contributed by atoms with Crippen molar-refractivity contribution in [2.24, 2.45) is 5.92 Å². The highest BCUT2D eigenvalue weighted by Gasteiger charge is 2.27. The maximum atomic E-state index is 12.6. The molecular formula is C22H35N7O2S. The predicted octanol–water partition coefficient (Wildman–Crippen LogP) is 1.07.